The highest BCUT2D eigenvalue weighted by Gasteiger charge is 2.09. The summed E-state index contributed by atoms with van der Waals surface area (Å²) in [6.45, 7) is 1.55. The van der Waals surface area contributed by atoms with Crippen molar-refractivity contribution in [1.29, 1.82) is 0 Å². The molecule has 0 aliphatic heterocycles. The van der Waals surface area contributed by atoms with E-state index in [0.29, 0.717) is 11.6 Å². The molecule has 0 amide bonds. The molecule has 1 N–H and O–H groups in total. The van der Waals surface area contributed by atoms with E-state index in [2.05, 4.69) is 21.2 Å². The first kappa shape index (κ1) is 17.6. The van der Waals surface area contributed by atoms with Crippen molar-refractivity contribution in [3.05, 3.63) is 80.4 Å². The highest BCUT2D eigenvalue weighted by atomic mass is 79.9. The molecule has 0 aliphatic carbocycles. The Hall–Kier alpha value is -1.26. The van der Waals surface area contributed by atoms with Gasteiger partial charge in [-0.3, -0.25) is 0 Å². The Morgan fingerprint density at radius 3 is 2.50 bits per heavy atom. The van der Waals surface area contributed by atoms with Gasteiger partial charge in [0.2, 0.25) is 0 Å². The van der Waals surface area contributed by atoms with Crippen molar-refractivity contribution in [3.63, 3.8) is 0 Å². The van der Waals surface area contributed by atoms with Crippen LogP contribution in [-0.2, 0) is 13.0 Å². The van der Waals surface area contributed by atoms with Crippen LogP contribution >= 0.6 is 39.1 Å². The van der Waals surface area contributed by atoms with Crippen LogP contribution < -0.4 is 5.32 Å². The minimum Gasteiger partial charge on any atom is -0.460 e. The van der Waals surface area contributed by atoms with Gasteiger partial charge in [0.05, 0.1) is 11.6 Å². The zero-order valence-corrected chi connectivity index (χ0v) is 16.0. The summed E-state index contributed by atoms with van der Waals surface area (Å²) in [5.41, 5.74) is 2.15. The van der Waals surface area contributed by atoms with Gasteiger partial charge in [-0.25, -0.2) is 0 Å². The molecule has 5 heteroatoms. The largest absolute Gasteiger partial charge is 0.460 e. The second-order valence-electron chi connectivity index (χ2n) is 5.44. The fourth-order valence-corrected chi connectivity index (χ4v) is 3.29. The van der Waals surface area contributed by atoms with Gasteiger partial charge in [0, 0.05) is 15.1 Å². The summed E-state index contributed by atoms with van der Waals surface area (Å²) in [6, 6.07) is 17.6. The molecule has 3 rings (SSSR count). The lowest BCUT2D eigenvalue weighted by Crippen LogP contribution is -2.16. The highest BCUT2D eigenvalue weighted by Crippen LogP contribution is 2.31. The van der Waals surface area contributed by atoms with Crippen molar-refractivity contribution >= 4 is 39.1 Å². The third-order valence-corrected chi connectivity index (χ3v) is 4.72. The summed E-state index contributed by atoms with van der Waals surface area (Å²) in [6.07, 6.45) is 0.948. The molecule has 2 nitrogen and oxygen atoms in total. The molecule has 1 heterocycles. The zero-order chi connectivity index (χ0) is 16.9. The zero-order valence-electron chi connectivity index (χ0n) is 12.9. The predicted molar refractivity (Wildman–Crippen MR) is 104 cm³/mol. The highest BCUT2D eigenvalue weighted by molar-refractivity contribution is 9.10. The Balaban J connectivity index is 1.53. The topological polar surface area (TPSA) is 25.2 Å². The second kappa shape index (κ2) is 8.21. The molecule has 24 heavy (non-hydrogen) atoms. The molecule has 124 valence electrons. The van der Waals surface area contributed by atoms with Crippen LogP contribution in [0.2, 0.25) is 10.0 Å². The van der Waals surface area contributed by atoms with Crippen molar-refractivity contribution in [2.45, 2.75) is 13.0 Å². The van der Waals surface area contributed by atoms with Crippen LogP contribution in [0, 0.1) is 0 Å². The lowest BCUT2D eigenvalue weighted by Gasteiger charge is -2.04. The molecule has 0 unspecified atom stereocenters. The molecule has 3 aromatic rings. The Morgan fingerprint density at radius 2 is 1.75 bits per heavy atom. The number of halogens is 3. The minimum atomic E-state index is 0.668. The van der Waals surface area contributed by atoms with Gasteiger partial charge in [0.25, 0.3) is 0 Å². The first-order chi connectivity index (χ1) is 11.6. The quantitative estimate of drug-likeness (QED) is 0.466. The molecular formula is C19H16BrCl2NO. The van der Waals surface area contributed by atoms with E-state index in [-0.39, 0.29) is 0 Å². The van der Waals surface area contributed by atoms with Crippen LogP contribution in [0.15, 0.2) is 63.5 Å². The van der Waals surface area contributed by atoms with Gasteiger partial charge in [-0.1, -0.05) is 51.3 Å². The molecule has 1 aromatic heterocycles. The molecule has 0 bridgehead atoms. The van der Waals surface area contributed by atoms with Crippen molar-refractivity contribution < 1.29 is 4.42 Å². The minimum absolute atomic E-state index is 0.668. The van der Waals surface area contributed by atoms with E-state index in [4.69, 9.17) is 27.6 Å². The van der Waals surface area contributed by atoms with Gasteiger partial charge in [-0.05, 0) is 61.0 Å². The van der Waals surface area contributed by atoms with Crippen LogP contribution in [0.3, 0.4) is 0 Å². The van der Waals surface area contributed by atoms with Gasteiger partial charge in [0.1, 0.15) is 11.5 Å². The second-order valence-corrected chi connectivity index (χ2v) is 7.20. The summed E-state index contributed by atoms with van der Waals surface area (Å²) in [5, 5.41) is 4.82. The molecule has 0 fully saturated rings. The van der Waals surface area contributed by atoms with Gasteiger partial charge < -0.3 is 9.73 Å². The normalized spacial score (nSPS) is 11.0. The van der Waals surface area contributed by atoms with E-state index < -0.39 is 0 Å². The first-order valence-corrected chi connectivity index (χ1v) is 9.16. The van der Waals surface area contributed by atoms with Crippen LogP contribution in [0.25, 0.3) is 11.3 Å². The van der Waals surface area contributed by atoms with Gasteiger partial charge in [-0.2, -0.15) is 0 Å². The van der Waals surface area contributed by atoms with E-state index in [1.165, 1.54) is 5.56 Å². The number of nitrogens with one attached hydrogen (secondary N) is 1. The van der Waals surface area contributed by atoms with Crippen LogP contribution in [-0.4, -0.2) is 6.54 Å². The van der Waals surface area contributed by atoms with Crippen LogP contribution in [0.1, 0.15) is 11.3 Å². The van der Waals surface area contributed by atoms with Crippen LogP contribution in [0.5, 0.6) is 0 Å². The Labute approximate surface area is 159 Å². The smallest absolute Gasteiger partial charge is 0.135 e. The number of rotatable bonds is 6. The predicted octanol–water partition coefficient (Wildman–Crippen LogP) is 6.35. The number of hydrogen-bond acceptors (Lipinski definition) is 2. The fraction of sp³-hybridized carbons (Fsp3) is 0.158. The molecule has 0 aliphatic rings. The van der Waals surface area contributed by atoms with Crippen LogP contribution in [0.4, 0.5) is 0 Å². The third kappa shape index (κ3) is 4.64. The van der Waals surface area contributed by atoms with Gasteiger partial charge >= 0.3 is 0 Å². The Bertz CT molecular complexity index is 814. The van der Waals surface area contributed by atoms with Crippen molar-refractivity contribution in [2.24, 2.45) is 0 Å². The van der Waals surface area contributed by atoms with Gasteiger partial charge in [0.15, 0.2) is 0 Å². The number of furan rings is 1. The summed E-state index contributed by atoms with van der Waals surface area (Å²) >= 11 is 15.6. The molecular weight excluding hydrogens is 409 g/mol. The fourth-order valence-electron chi connectivity index (χ4n) is 2.40. The molecule has 0 saturated carbocycles. The number of hydrogen-bond donors (Lipinski definition) is 1. The van der Waals surface area contributed by atoms with E-state index in [0.717, 1.165) is 39.5 Å². The summed E-state index contributed by atoms with van der Waals surface area (Å²) in [4.78, 5) is 0. The SMILES string of the molecule is Clc1ccc(CCNCc2ccc(-c3ccc(Br)cc3Cl)o2)cc1. The monoisotopic (exact) mass is 423 g/mol. The third-order valence-electron chi connectivity index (χ3n) is 3.66. The van der Waals surface area contributed by atoms with Crippen molar-refractivity contribution in [3.8, 4) is 11.3 Å². The molecule has 0 radical (unpaired) electrons. The Morgan fingerprint density at radius 1 is 0.958 bits per heavy atom. The molecule has 0 saturated heterocycles. The van der Waals surface area contributed by atoms with Crippen molar-refractivity contribution in [2.75, 3.05) is 6.54 Å². The average molecular weight is 425 g/mol. The molecule has 0 atom stereocenters. The summed E-state index contributed by atoms with van der Waals surface area (Å²) < 4.78 is 6.83. The van der Waals surface area contributed by atoms with E-state index >= 15 is 0 Å². The maximum atomic E-state index is 6.26. The maximum Gasteiger partial charge on any atom is 0.135 e. The Kier molecular flexibility index (Phi) is 6.01. The lowest BCUT2D eigenvalue weighted by molar-refractivity contribution is 0.495. The molecule has 2 aromatic carbocycles. The lowest BCUT2D eigenvalue weighted by atomic mass is 10.1. The van der Waals surface area contributed by atoms with E-state index in [9.17, 15) is 0 Å². The standard InChI is InChI=1S/C19H16BrCl2NO/c20-14-3-7-17(18(22)11-14)19-8-6-16(24-19)12-23-10-9-13-1-4-15(21)5-2-13/h1-8,11,23H,9-10,12H2. The maximum absolute atomic E-state index is 6.26. The summed E-state index contributed by atoms with van der Waals surface area (Å²) in [7, 11) is 0. The molecule has 0 spiro atoms. The van der Waals surface area contributed by atoms with E-state index in [1.807, 2.05) is 54.6 Å². The average Bonchev–Trinajstić information content (AvgIpc) is 3.02. The van der Waals surface area contributed by atoms with Gasteiger partial charge in [-0.15, -0.1) is 0 Å². The summed E-state index contributed by atoms with van der Waals surface area (Å²) in [5.74, 6) is 1.67. The van der Waals surface area contributed by atoms with Crippen molar-refractivity contribution in [1.82, 2.24) is 5.32 Å². The number of benzene rings is 2. The van der Waals surface area contributed by atoms with E-state index in [1.54, 1.807) is 0 Å². The first-order valence-electron chi connectivity index (χ1n) is 7.61.